The summed E-state index contributed by atoms with van der Waals surface area (Å²) in [5.41, 5.74) is 2.75. The number of carbonyl (C=O) groups excluding carboxylic acids is 1. The van der Waals surface area contributed by atoms with Crippen molar-refractivity contribution in [3.63, 3.8) is 0 Å². The van der Waals surface area contributed by atoms with Crippen LogP contribution in [0, 0.1) is 13.8 Å². The zero-order valence-corrected chi connectivity index (χ0v) is 18.0. The maximum atomic E-state index is 13.1. The molecule has 1 aromatic carbocycles. The molecule has 152 valence electrons. The summed E-state index contributed by atoms with van der Waals surface area (Å²) >= 11 is 3.21. The molecule has 0 saturated heterocycles. The third-order valence-corrected chi connectivity index (χ3v) is 6.49. The molecule has 1 aliphatic heterocycles. The van der Waals surface area contributed by atoms with Gasteiger partial charge in [-0.2, -0.15) is 0 Å². The van der Waals surface area contributed by atoms with E-state index in [0.717, 1.165) is 33.3 Å². The second-order valence-corrected chi connectivity index (χ2v) is 8.70. The Hall–Kier alpha value is -2.45. The van der Waals surface area contributed by atoms with Crippen LogP contribution in [0.1, 0.15) is 21.9 Å². The van der Waals surface area contributed by atoms with Crippen molar-refractivity contribution >= 4 is 34.7 Å². The van der Waals surface area contributed by atoms with Crippen molar-refractivity contribution in [2.45, 2.75) is 26.1 Å². The number of hydrogen-bond donors (Lipinski definition) is 0. The minimum Gasteiger partial charge on any atom is -0.486 e. The molecule has 8 heteroatoms. The first-order valence-corrected chi connectivity index (χ1v) is 11.4. The molecule has 0 atom stereocenters. The monoisotopic (exact) mass is 430 g/mol. The molecule has 0 radical (unpaired) electrons. The average Bonchev–Trinajstić information content (AvgIpc) is 3.36. The highest BCUT2D eigenvalue weighted by Gasteiger charge is 2.21. The Morgan fingerprint density at radius 2 is 2.03 bits per heavy atom. The first kappa shape index (κ1) is 19.8. The number of nitrogens with zero attached hydrogens (tertiary/aromatic N) is 2. The summed E-state index contributed by atoms with van der Waals surface area (Å²) in [6, 6.07) is 9.71. The van der Waals surface area contributed by atoms with Crippen LogP contribution in [-0.4, -0.2) is 30.0 Å². The van der Waals surface area contributed by atoms with E-state index >= 15 is 0 Å². The highest BCUT2D eigenvalue weighted by molar-refractivity contribution is 7.99. The molecule has 0 aliphatic carbocycles. The van der Waals surface area contributed by atoms with Crippen molar-refractivity contribution in [2.75, 3.05) is 23.9 Å². The molecule has 0 bridgehead atoms. The van der Waals surface area contributed by atoms with Crippen molar-refractivity contribution < 1.29 is 18.8 Å². The smallest absolute Gasteiger partial charge is 0.237 e. The van der Waals surface area contributed by atoms with Crippen LogP contribution in [0.3, 0.4) is 0 Å². The number of aryl methyl sites for hydroxylation is 2. The van der Waals surface area contributed by atoms with Gasteiger partial charge in [0.1, 0.15) is 19.0 Å². The number of carbonyl (C=O) groups is 1. The highest BCUT2D eigenvalue weighted by Crippen LogP contribution is 2.35. The zero-order valence-electron chi connectivity index (χ0n) is 16.3. The van der Waals surface area contributed by atoms with Crippen LogP contribution in [0.15, 0.2) is 40.2 Å². The molecule has 2 aromatic heterocycles. The summed E-state index contributed by atoms with van der Waals surface area (Å²) in [4.78, 5) is 16.1. The fraction of sp³-hybridized carbons (Fsp3) is 0.333. The summed E-state index contributed by atoms with van der Waals surface area (Å²) in [5.74, 6) is 3.32. The SMILES string of the molecule is Cc1noc(C)c1CSCC(=O)N(Cc1cccs1)c1ccc2c(c1)OCCO2. The fourth-order valence-corrected chi connectivity index (χ4v) is 4.85. The van der Waals surface area contributed by atoms with Gasteiger partial charge in [0.25, 0.3) is 0 Å². The van der Waals surface area contributed by atoms with Crippen LogP contribution in [-0.2, 0) is 17.1 Å². The van der Waals surface area contributed by atoms with Crippen LogP contribution in [0.2, 0.25) is 0 Å². The first-order valence-electron chi connectivity index (χ1n) is 9.33. The Labute approximate surface area is 177 Å². The number of rotatable bonds is 7. The number of amides is 1. The van der Waals surface area contributed by atoms with Crippen LogP contribution in [0.5, 0.6) is 11.5 Å². The molecule has 1 amide bonds. The van der Waals surface area contributed by atoms with Gasteiger partial charge in [-0.05, 0) is 37.4 Å². The number of benzene rings is 1. The largest absolute Gasteiger partial charge is 0.486 e. The lowest BCUT2D eigenvalue weighted by Crippen LogP contribution is -2.31. The summed E-state index contributed by atoms with van der Waals surface area (Å²) in [6.07, 6.45) is 0. The molecular formula is C21H22N2O4S2. The third kappa shape index (κ3) is 4.59. The topological polar surface area (TPSA) is 64.8 Å². The predicted octanol–water partition coefficient (Wildman–Crippen LogP) is 4.59. The van der Waals surface area contributed by atoms with Crippen LogP contribution >= 0.6 is 23.1 Å². The van der Waals surface area contributed by atoms with E-state index in [1.54, 1.807) is 23.1 Å². The summed E-state index contributed by atoms with van der Waals surface area (Å²) in [5, 5.41) is 6.00. The van der Waals surface area contributed by atoms with Gasteiger partial charge in [-0.25, -0.2) is 0 Å². The molecule has 3 heterocycles. The number of aromatic nitrogens is 1. The quantitative estimate of drug-likeness (QED) is 0.546. The van der Waals surface area contributed by atoms with Crippen molar-refractivity contribution in [3.05, 3.63) is 57.6 Å². The van der Waals surface area contributed by atoms with E-state index in [2.05, 4.69) is 5.16 Å². The second kappa shape index (κ2) is 8.92. The van der Waals surface area contributed by atoms with Crippen LogP contribution in [0.25, 0.3) is 0 Å². The minimum absolute atomic E-state index is 0.0480. The van der Waals surface area contributed by atoms with Gasteiger partial charge in [-0.15, -0.1) is 23.1 Å². The molecule has 0 N–H and O–H groups in total. The summed E-state index contributed by atoms with van der Waals surface area (Å²) in [7, 11) is 0. The number of thioether (sulfide) groups is 1. The maximum absolute atomic E-state index is 13.1. The standard InChI is InChI=1S/C21H22N2O4S2/c1-14-18(15(2)27-22-14)12-28-13-21(24)23(11-17-4-3-9-29-17)16-5-6-19-20(10-16)26-8-7-25-19/h3-6,9-10H,7-8,11-13H2,1-2H3. The number of hydrogen-bond acceptors (Lipinski definition) is 7. The van der Waals surface area contributed by atoms with Crippen molar-refractivity contribution in [1.29, 1.82) is 0 Å². The summed E-state index contributed by atoms with van der Waals surface area (Å²) < 4.78 is 16.5. The molecule has 6 nitrogen and oxygen atoms in total. The Kier molecular flexibility index (Phi) is 6.10. The zero-order chi connectivity index (χ0) is 20.2. The van der Waals surface area contributed by atoms with Gasteiger partial charge in [-0.3, -0.25) is 4.79 Å². The van der Waals surface area contributed by atoms with Gasteiger partial charge in [-0.1, -0.05) is 11.2 Å². The van der Waals surface area contributed by atoms with E-state index < -0.39 is 0 Å². The third-order valence-electron chi connectivity index (χ3n) is 4.69. The lowest BCUT2D eigenvalue weighted by atomic mass is 10.2. The Bertz CT molecular complexity index is 965. The normalized spacial score (nSPS) is 12.8. The van der Waals surface area contributed by atoms with Gasteiger partial charge in [0.15, 0.2) is 11.5 Å². The minimum atomic E-state index is 0.0480. The van der Waals surface area contributed by atoms with Gasteiger partial charge >= 0.3 is 0 Å². The molecule has 3 aromatic rings. The van der Waals surface area contributed by atoms with Gasteiger partial charge in [0, 0.05) is 27.9 Å². The van der Waals surface area contributed by atoms with E-state index in [4.69, 9.17) is 14.0 Å². The molecule has 1 aliphatic rings. The Morgan fingerprint density at radius 1 is 1.21 bits per heavy atom. The second-order valence-electron chi connectivity index (χ2n) is 6.68. The van der Waals surface area contributed by atoms with E-state index in [1.807, 2.05) is 54.5 Å². The lowest BCUT2D eigenvalue weighted by molar-refractivity contribution is -0.116. The van der Waals surface area contributed by atoms with E-state index in [1.165, 1.54) is 0 Å². The predicted molar refractivity (Wildman–Crippen MR) is 115 cm³/mol. The Balaban J connectivity index is 1.50. The van der Waals surface area contributed by atoms with Crippen LogP contribution < -0.4 is 14.4 Å². The molecular weight excluding hydrogens is 408 g/mol. The average molecular weight is 431 g/mol. The lowest BCUT2D eigenvalue weighted by Gasteiger charge is -2.25. The number of ether oxygens (including phenoxy) is 2. The van der Waals surface area contributed by atoms with Gasteiger partial charge in [0.2, 0.25) is 5.91 Å². The molecule has 29 heavy (non-hydrogen) atoms. The Morgan fingerprint density at radius 3 is 2.76 bits per heavy atom. The molecule has 4 rings (SSSR count). The fourth-order valence-electron chi connectivity index (χ4n) is 3.11. The van der Waals surface area contributed by atoms with Crippen LogP contribution in [0.4, 0.5) is 5.69 Å². The highest BCUT2D eigenvalue weighted by atomic mass is 32.2. The molecule has 0 saturated carbocycles. The van der Waals surface area contributed by atoms with Gasteiger partial charge in [0.05, 0.1) is 18.0 Å². The number of thiophene rings is 1. The molecule has 0 spiro atoms. The number of fused-ring (bicyclic) bond motifs is 1. The molecule has 0 unspecified atom stereocenters. The van der Waals surface area contributed by atoms with Crippen molar-refractivity contribution in [2.24, 2.45) is 0 Å². The van der Waals surface area contributed by atoms with E-state index in [9.17, 15) is 4.79 Å². The van der Waals surface area contributed by atoms with Crippen molar-refractivity contribution in [1.82, 2.24) is 5.16 Å². The van der Waals surface area contributed by atoms with Crippen molar-refractivity contribution in [3.8, 4) is 11.5 Å². The maximum Gasteiger partial charge on any atom is 0.237 e. The number of anilines is 1. The van der Waals surface area contributed by atoms with E-state index in [-0.39, 0.29) is 5.91 Å². The van der Waals surface area contributed by atoms with Gasteiger partial charge < -0.3 is 18.9 Å². The van der Waals surface area contributed by atoms with E-state index in [0.29, 0.717) is 37.0 Å². The molecule has 0 fully saturated rings. The first-order chi connectivity index (χ1) is 14.1. The summed E-state index contributed by atoms with van der Waals surface area (Å²) in [6.45, 7) is 5.41.